The molecule has 3 nitrogen and oxygen atoms in total. The summed E-state index contributed by atoms with van der Waals surface area (Å²) in [7, 11) is 0. The first kappa shape index (κ1) is 14.7. The molecule has 3 aromatic rings. The molecule has 0 aliphatic carbocycles. The Kier molecular flexibility index (Phi) is 4.20. The SMILES string of the molecule is CC(NC(=O)c1cccc2cccnc12)c1ccc(Br)cc1. The van der Waals surface area contributed by atoms with E-state index in [4.69, 9.17) is 0 Å². The van der Waals surface area contributed by atoms with Gasteiger partial charge < -0.3 is 5.32 Å². The summed E-state index contributed by atoms with van der Waals surface area (Å²) in [6, 6.07) is 17.3. The smallest absolute Gasteiger partial charge is 0.253 e. The van der Waals surface area contributed by atoms with Crippen LogP contribution >= 0.6 is 15.9 Å². The van der Waals surface area contributed by atoms with E-state index in [2.05, 4.69) is 26.2 Å². The molecule has 3 rings (SSSR count). The van der Waals surface area contributed by atoms with Crippen LogP contribution < -0.4 is 5.32 Å². The van der Waals surface area contributed by atoms with E-state index < -0.39 is 0 Å². The van der Waals surface area contributed by atoms with Crippen molar-refractivity contribution < 1.29 is 4.79 Å². The van der Waals surface area contributed by atoms with Crippen LogP contribution in [0.5, 0.6) is 0 Å². The zero-order chi connectivity index (χ0) is 15.5. The molecule has 0 saturated carbocycles. The van der Waals surface area contributed by atoms with E-state index in [0.717, 1.165) is 20.9 Å². The maximum atomic E-state index is 12.5. The van der Waals surface area contributed by atoms with Gasteiger partial charge in [0.05, 0.1) is 17.1 Å². The van der Waals surface area contributed by atoms with E-state index in [1.54, 1.807) is 12.3 Å². The average Bonchev–Trinajstić information content (AvgIpc) is 2.54. The fourth-order valence-electron chi connectivity index (χ4n) is 2.40. The van der Waals surface area contributed by atoms with Crippen LogP contribution in [-0.2, 0) is 0 Å². The third-order valence-electron chi connectivity index (χ3n) is 3.59. The number of aromatic nitrogens is 1. The second-order valence-electron chi connectivity index (χ2n) is 5.13. The lowest BCUT2D eigenvalue weighted by molar-refractivity contribution is 0.0941. The molecule has 1 heterocycles. The Hall–Kier alpha value is -2.20. The van der Waals surface area contributed by atoms with Gasteiger partial charge in [0.15, 0.2) is 0 Å². The highest BCUT2D eigenvalue weighted by Gasteiger charge is 2.14. The first-order valence-electron chi connectivity index (χ1n) is 7.05. The van der Waals surface area contributed by atoms with Crippen molar-refractivity contribution in [3.63, 3.8) is 0 Å². The minimum atomic E-state index is -0.111. The molecule has 22 heavy (non-hydrogen) atoms. The highest BCUT2D eigenvalue weighted by Crippen LogP contribution is 2.19. The summed E-state index contributed by atoms with van der Waals surface area (Å²) in [5.41, 5.74) is 2.39. The Bertz CT molecular complexity index is 809. The van der Waals surface area contributed by atoms with Crippen LogP contribution in [0.3, 0.4) is 0 Å². The summed E-state index contributed by atoms with van der Waals surface area (Å²) in [6.45, 7) is 1.97. The van der Waals surface area contributed by atoms with Gasteiger partial charge in [0.2, 0.25) is 0 Å². The first-order chi connectivity index (χ1) is 10.6. The standard InChI is InChI=1S/C18H15BrN2O/c1-12(13-7-9-15(19)10-8-13)21-18(22)16-6-2-4-14-5-3-11-20-17(14)16/h2-12H,1H3,(H,21,22). The molecule has 4 heteroatoms. The maximum absolute atomic E-state index is 12.5. The molecule has 0 aliphatic heterocycles. The number of halogens is 1. The number of para-hydroxylation sites is 1. The lowest BCUT2D eigenvalue weighted by Gasteiger charge is -2.15. The lowest BCUT2D eigenvalue weighted by Crippen LogP contribution is -2.26. The van der Waals surface area contributed by atoms with Crippen LogP contribution in [0.4, 0.5) is 0 Å². The minimum absolute atomic E-state index is 0.0698. The number of hydrogen-bond acceptors (Lipinski definition) is 2. The number of carbonyl (C=O) groups excluding carboxylic acids is 1. The number of nitrogens with one attached hydrogen (secondary N) is 1. The molecule has 2 aromatic carbocycles. The second kappa shape index (κ2) is 6.28. The predicted molar refractivity (Wildman–Crippen MR) is 91.8 cm³/mol. The van der Waals surface area contributed by atoms with Crippen molar-refractivity contribution in [2.45, 2.75) is 13.0 Å². The molecule has 0 spiro atoms. The fraction of sp³-hybridized carbons (Fsp3) is 0.111. The van der Waals surface area contributed by atoms with Gasteiger partial charge in [0.1, 0.15) is 0 Å². The Labute approximate surface area is 137 Å². The van der Waals surface area contributed by atoms with Crippen molar-refractivity contribution in [3.8, 4) is 0 Å². The Morgan fingerprint density at radius 1 is 1.09 bits per heavy atom. The van der Waals surface area contributed by atoms with Gasteiger partial charge in [-0.25, -0.2) is 0 Å². The average molecular weight is 355 g/mol. The number of pyridine rings is 1. The normalized spacial score (nSPS) is 12.1. The van der Waals surface area contributed by atoms with Crippen molar-refractivity contribution >= 4 is 32.7 Å². The molecule has 0 fully saturated rings. The number of benzene rings is 2. The summed E-state index contributed by atoms with van der Waals surface area (Å²) in [4.78, 5) is 16.9. The zero-order valence-corrected chi connectivity index (χ0v) is 13.7. The van der Waals surface area contributed by atoms with Crippen molar-refractivity contribution in [1.82, 2.24) is 10.3 Å². The van der Waals surface area contributed by atoms with Gasteiger partial charge in [-0.3, -0.25) is 9.78 Å². The first-order valence-corrected chi connectivity index (χ1v) is 7.84. The summed E-state index contributed by atoms with van der Waals surface area (Å²) in [5.74, 6) is -0.111. The number of rotatable bonds is 3. The summed E-state index contributed by atoms with van der Waals surface area (Å²) in [5, 5.41) is 3.99. The molecule has 110 valence electrons. The Balaban J connectivity index is 1.85. The van der Waals surface area contributed by atoms with Gasteiger partial charge in [0, 0.05) is 16.1 Å². The van der Waals surface area contributed by atoms with Gasteiger partial charge in [-0.1, -0.05) is 46.3 Å². The number of nitrogens with zero attached hydrogens (tertiary/aromatic N) is 1. The van der Waals surface area contributed by atoms with Crippen molar-refractivity contribution in [3.05, 3.63) is 76.4 Å². The van der Waals surface area contributed by atoms with E-state index in [0.29, 0.717) is 5.56 Å². The van der Waals surface area contributed by atoms with Gasteiger partial charge in [0.25, 0.3) is 5.91 Å². The number of carbonyl (C=O) groups is 1. The fourth-order valence-corrected chi connectivity index (χ4v) is 2.66. The van der Waals surface area contributed by atoms with Crippen LogP contribution in [0.15, 0.2) is 65.3 Å². The van der Waals surface area contributed by atoms with Gasteiger partial charge in [-0.2, -0.15) is 0 Å². The summed E-state index contributed by atoms with van der Waals surface area (Å²) >= 11 is 3.41. The van der Waals surface area contributed by atoms with Crippen LogP contribution in [0.2, 0.25) is 0 Å². The van der Waals surface area contributed by atoms with E-state index in [1.165, 1.54) is 0 Å². The maximum Gasteiger partial charge on any atom is 0.253 e. The molecule has 1 aromatic heterocycles. The topological polar surface area (TPSA) is 42.0 Å². The molecular formula is C18H15BrN2O. The van der Waals surface area contributed by atoms with Gasteiger partial charge in [-0.15, -0.1) is 0 Å². The van der Waals surface area contributed by atoms with E-state index >= 15 is 0 Å². The molecule has 0 bridgehead atoms. The van der Waals surface area contributed by atoms with E-state index in [9.17, 15) is 4.79 Å². The monoisotopic (exact) mass is 354 g/mol. The van der Waals surface area contributed by atoms with Crippen LogP contribution in [0.1, 0.15) is 28.9 Å². The number of hydrogen-bond donors (Lipinski definition) is 1. The molecule has 1 unspecified atom stereocenters. The van der Waals surface area contributed by atoms with Crippen LogP contribution in [0.25, 0.3) is 10.9 Å². The molecule has 0 saturated heterocycles. The van der Waals surface area contributed by atoms with E-state index in [1.807, 2.05) is 55.5 Å². The lowest BCUT2D eigenvalue weighted by atomic mass is 10.1. The molecule has 1 atom stereocenters. The Morgan fingerprint density at radius 3 is 2.59 bits per heavy atom. The van der Waals surface area contributed by atoms with E-state index in [-0.39, 0.29) is 11.9 Å². The third kappa shape index (κ3) is 3.02. The number of fused-ring (bicyclic) bond motifs is 1. The molecule has 0 radical (unpaired) electrons. The van der Waals surface area contributed by atoms with Crippen LogP contribution in [-0.4, -0.2) is 10.9 Å². The van der Waals surface area contributed by atoms with Gasteiger partial charge >= 0.3 is 0 Å². The van der Waals surface area contributed by atoms with Crippen LogP contribution in [0, 0.1) is 0 Å². The molecule has 1 N–H and O–H groups in total. The quantitative estimate of drug-likeness (QED) is 0.752. The third-order valence-corrected chi connectivity index (χ3v) is 4.12. The highest BCUT2D eigenvalue weighted by atomic mass is 79.9. The summed E-state index contributed by atoms with van der Waals surface area (Å²) < 4.78 is 1.02. The molecular weight excluding hydrogens is 340 g/mol. The summed E-state index contributed by atoms with van der Waals surface area (Å²) in [6.07, 6.45) is 1.71. The minimum Gasteiger partial charge on any atom is -0.345 e. The van der Waals surface area contributed by atoms with Crippen molar-refractivity contribution in [2.24, 2.45) is 0 Å². The Morgan fingerprint density at radius 2 is 1.82 bits per heavy atom. The highest BCUT2D eigenvalue weighted by molar-refractivity contribution is 9.10. The molecule has 0 aliphatic rings. The second-order valence-corrected chi connectivity index (χ2v) is 6.04. The number of amides is 1. The van der Waals surface area contributed by atoms with Gasteiger partial charge in [-0.05, 0) is 36.8 Å². The van der Waals surface area contributed by atoms with Crippen molar-refractivity contribution in [2.75, 3.05) is 0 Å². The van der Waals surface area contributed by atoms with Crippen molar-refractivity contribution in [1.29, 1.82) is 0 Å². The largest absolute Gasteiger partial charge is 0.345 e. The predicted octanol–water partition coefficient (Wildman–Crippen LogP) is 4.49. The molecule has 1 amide bonds. The zero-order valence-electron chi connectivity index (χ0n) is 12.1.